The summed E-state index contributed by atoms with van der Waals surface area (Å²) in [6.45, 7) is 4.57. The van der Waals surface area contributed by atoms with Gasteiger partial charge in [-0.05, 0) is 13.3 Å². The van der Waals surface area contributed by atoms with Gasteiger partial charge in [0.1, 0.15) is 12.4 Å². The molecule has 0 aromatic carbocycles. The Labute approximate surface area is 95.5 Å². The van der Waals surface area contributed by atoms with E-state index >= 15 is 0 Å². The molecule has 90 valence electrons. The van der Waals surface area contributed by atoms with Crippen LogP contribution in [-0.2, 0) is 16.9 Å². The minimum absolute atomic E-state index is 0.0117. The highest BCUT2D eigenvalue weighted by atomic mass is 16.4. The van der Waals surface area contributed by atoms with Gasteiger partial charge >= 0.3 is 0 Å². The van der Waals surface area contributed by atoms with Gasteiger partial charge in [-0.25, -0.2) is 9.13 Å². The molecule has 1 aromatic rings. The number of carboxylic acids is 1. The van der Waals surface area contributed by atoms with Crippen LogP contribution in [0.5, 0.6) is 0 Å². The van der Waals surface area contributed by atoms with Gasteiger partial charge in [-0.2, -0.15) is 0 Å². The van der Waals surface area contributed by atoms with Crippen molar-refractivity contribution in [3.05, 3.63) is 18.7 Å². The summed E-state index contributed by atoms with van der Waals surface area (Å²) in [5.74, 6) is -1.16. The molecule has 0 spiro atoms. The van der Waals surface area contributed by atoms with E-state index in [1.54, 1.807) is 24.0 Å². The summed E-state index contributed by atoms with van der Waals surface area (Å²) in [4.78, 5) is 11.1. The molecule has 0 fully saturated rings. The molecular weight excluding hydrogens is 206 g/mol. The lowest BCUT2D eigenvalue weighted by molar-refractivity contribution is -0.697. The molecular formula is C11H19N3O2. The van der Waals surface area contributed by atoms with Crippen molar-refractivity contribution in [3.63, 3.8) is 0 Å². The number of aromatic nitrogens is 2. The highest BCUT2D eigenvalue weighted by Crippen LogP contribution is 2.11. The lowest BCUT2D eigenvalue weighted by Gasteiger charge is -2.25. The molecule has 1 heterocycles. The van der Waals surface area contributed by atoms with E-state index in [1.165, 1.54) is 0 Å². The molecule has 0 amide bonds. The zero-order valence-corrected chi connectivity index (χ0v) is 9.85. The lowest BCUT2D eigenvalue weighted by Crippen LogP contribution is -2.52. The van der Waals surface area contributed by atoms with Crippen molar-refractivity contribution in [1.29, 1.82) is 0 Å². The second-order valence-electron chi connectivity index (χ2n) is 4.18. The van der Waals surface area contributed by atoms with E-state index in [-0.39, 0.29) is 6.54 Å². The van der Waals surface area contributed by atoms with Gasteiger partial charge in [0.25, 0.3) is 0 Å². The van der Waals surface area contributed by atoms with Crippen molar-refractivity contribution in [1.82, 2.24) is 4.57 Å². The maximum atomic E-state index is 11.1. The number of aliphatic carboxylic acids is 1. The van der Waals surface area contributed by atoms with Crippen LogP contribution in [0, 0.1) is 0 Å². The van der Waals surface area contributed by atoms with E-state index in [2.05, 4.69) is 6.92 Å². The molecule has 5 nitrogen and oxygen atoms in total. The summed E-state index contributed by atoms with van der Waals surface area (Å²) in [7, 11) is 0. The van der Waals surface area contributed by atoms with E-state index < -0.39 is 11.5 Å². The van der Waals surface area contributed by atoms with Crippen molar-refractivity contribution in [2.45, 2.75) is 38.8 Å². The number of carbonyl (C=O) groups excluding carboxylic acids is 1. The summed E-state index contributed by atoms with van der Waals surface area (Å²) in [6.07, 6.45) is 7.51. The van der Waals surface area contributed by atoms with Gasteiger partial charge < -0.3 is 15.6 Å². The Balaban J connectivity index is 2.87. The quantitative estimate of drug-likeness (QED) is 0.631. The minimum atomic E-state index is -1.17. The van der Waals surface area contributed by atoms with Gasteiger partial charge in [-0.3, -0.25) is 0 Å². The number of aryl methyl sites for hydroxylation is 1. The summed E-state index contributed by atoms with van der Waals surface area (Å²) < 4.78 is 3.55. The second-order valence-corrected chi connectivity index (χ2v) is 4.18. The molecule has 5 heteroatoms. The molecule has 16 heavy (non-hydrogen) atoms. The van der Waals surface area contributed by atoms with Crippen LogP contribution in [0.3, 0.4) is 0 Å². The number of imidazole rings is 1. The monoisotopic (exact) mass is 225 g/mol. The normalized spacial score (nSPS) is 14.7. The van der Waals surface area contributed by atoms with Gasteiger partial charge in [0.2, 0.25) is 6.33 Å². The minimum Gasteiger partial charge on any atom is -0.545 e. The zero-order chi connectivity index (χ0) is 12.2. The molecule has 0 radical (unpaired) electrons. The van der Waals surface area contributed by atoms with Crippen LogP contribution in [-0.4, -0.2) is 17.1 Å². The lowest BCUT2D eigenvalue weighted by atomic mass is 10.0. The van der Waals surface area contributed by atoms with Gasteiger partial charge in [-0.1, -0.05) is 13.3 Å². The summed E-state index contributed by atoms with van der Waals surface area (Å²) in [5.41, 5.74) is 4.33. The van der Waals surface area contributed by atoms with Crippen molar-refractivity contribution in [2.75, 3.05) is 6.54 Å². The Hall–Kier alpha value is -1.36. The second kappa shape index (κ2) is 5.12. The third-order valence-corrected chi connectivity index (χ3v) is 2.87. The van der Waals surface area contributed by atoms with Crippen LogP contribution in [0.4, 0.5) is 0 Å². The number of nitrogens with two attached hydrogens (primary N) is 1. The zero-order valence-electron chi connectivity index (χ0n) is 9.85. The first-order valence-electron chi connectivity index (χ1n) is 5.53. The Morgan fingerprint density at radius 2 is 2.31 bits per heavy atom. The highest BCUT2D eigenvalue weighted by Gasteiger charge is 2.31. The SMILES string of the molecule is CCCC[n+]1ccn([C@@](C)(CN)C(=O)[O-])c1. The third kappa shape index (κ3) is 2.41. The van der Waals surface area contributed by atoms with E-state index in [1.807, 2.05) is 10.8 Å². The Morgan fingerprint density at radius 3 is 2.81 bits per heavy atom. The molecule has 0 bridgehead atoms. The smallest absolute Gasteiger partial charge is 0.244 e. The van der Waals surface area contributed by atoms with Crippen LogP contribution in [0.15, 0.2) is 18.7 Å². The third-order valence-electron chi connectivity index (χ3n) is 2.87. The fourth-order valence-corrected chi connectivity index (χ4v) is 1.45. The standard InChI is InChI=1S/C11H19N3O2/c1-3-4-5-13-6-7-14(9-13)11(2,8-12)10(15)16/h6-7,9H,3-5,8,12H2,1-2H3/t11-/m0/s1. The number of carboxylic acid groups (broad SMARTS) is 1. The predicted molar refractivity (Wildman–Crippen MR) is 57.2 cm³/mol. The van der Waals surface area contributed by atoms with Crippen molar-refractivity contribution in [2.24, 2.45) is 5.73 Å². The molecule has 0 aliphatic carbocycles. The van der Waals surface area contributed by atoms with Crippen LogP contribution in [0.25, 0.3) is 0 Å². The first-order chi connectivity index (χ1) is 7.54. The molecule has 0 aliphatic rings. The number of carbonyl (C=O) groups is 1. The molecule has 1 aromatic heterocycles. The summed E-state index contributed by atoms with van der Waals surface area (Å²) in [6, 6.07) is 0. The van der Waals surface area contributed by atoms with Crippen LogP contribution >= 0.6 is 0 Å². The van der Waals surface area contributed by atoms with E-state index in [0.717, 1.165) is 19.4 Å². The largest absolute Gasteiger partial charge is 0.545 e. The first-order valence-corrected chi connectivity index (χ1v) is 5.53. The highest BCUT2D eigenvalue weighted by molar-refractivity contribution is 5.74. The first kappa shape index (κ1) is 12.7. The number of rotatable bonds is 6. The molecule has 2 N–H and O–H groups in total. The van der Waals surface area contributed by atoms with Crippen LogP contribution in [0.1, 0.15) is 26.7 Å². The maximum Gasteiger partial charge on any atom is 0.244 e. The topological polar surface area (TPSA) is 75.0 Å². The number of nitrogens with zero attached hydrogens (tertiary/aromatic N) is 2. The van der Waals surface area contributed by atoms with Crippen LogP contribution < -0.4 is 15.4 Å². The number of hydrogen-bond acceptors (Lipinski definition) is 3. The maximum absolute atomic E-state index is 11.1. The summed E-state index contributed by atoms with van der Waals surface area (Å²) >= 11 is 0. The fraction of sp³-hybridized carbons (Fsp3) is 0.636. The Kier molecular flexibility index (Phi) is 4.06. The average molecular weight is 225 g/mol. The van der Waals surface area contributed by atoms with E-state index in [9.17, 15) is 9.90 Å². The molecule has 0 aliphatic heterocycles. The Morgan fingerprint density at radius 1 is 1.62 bits per heavy atom. The number of unbranched alkanes of at least 4 members (excludes halogenated alkanes) is 1. The van der Waals surface area contributed by atoms with Gasteiger partial charge in [0.05, 0.1) is 12.5 Å². The van der Waals surface area contributed by atoms with Gasteiger partial charge in [0.15, 0.2) is 5.54 Å². The fourth-order valence-electron chi connectivity index (χ4n) is 1.45. The molecule has 0 unspecified atom stereocenters. The van der Waals surface area contributed by atoms with Crippen molar-refractivity contribution in [3.8, 4) is 0 Å². The predicted octanol–water partition coefficient (Wildman–Crippen LogP) is -1.00. The molecule has 0 saturated carbocycles. The summed E-state index contributed by atoms with van der Waals surface area (Å²) in [5, 5.41) is 11.1. The van der Waals surface area contributed by atoms with Gasteiger partial charge in [0, 0.05) is 6.54 Å². The van der Waals surface area contributed by atoms with E-state index in [0.29, 0.717) is 0 Å². The average Bonchev–Trinajstić information content (AvgIpc) is 2.73. The number of hydrogen-bond donors (Lipinski definition) is 1. The van der Waals surface area contributed by atoms with Gasteiger partial charge in [-0.15, -0.1) is 0 Å². The molecule has 1 atom stereocenters. The van der Waals surface area contributed by atoms with E-state index in [4.69, 9.17) is 5.73 Å². The Bertz CT molecular complexity index is 362. The van der Waals surface area contributed by atoms with Crippen molar-refractivity contribution >= 4 is 5.97 Å². The molecule has 1 rings (SSSR count). The van der Waals surface area contributed by atoms with Crippen LogP contribution in [0.2, 0.25) is 0 Å². The van der Waals surface area contributed by atoms with Crippen molar-refractivity contribution < 1.29 is 14.5 Å². The molecule has 0 saturated heterocycles.